The van der Waals surface area contributed by atoms with Crippen LogP contribution in [0.4, 0.5) is 0 Å². The van der Waals surface area contributed by atoms with Crippen molar-refractivity contribution in [1.29, 1.82) is 0 Å². The predicted octanol–water partition coefficient (Wildman–Crippen LogP) is 2.67. The molecule has 1 aromatic heterocycles. The molecule has 0 fully saturated rings. The minimum absolute atomic E-state index is 0.0472. The van der Waals surface area contributed by atoms with E-state index >= 15 is 0 Å². The molecule has 0 saturated heterocycles. The SMILES string of the molecule is Cc1cc(C)cc(-c2csc(=O)n2CCC(=O)O)c1. The first-order valence-electron chi connectivity index (χ1n) is 5.96. The van der Waals surface area contributed by atoms with Crippen molar-refractivity contribution in [3.63, 3.8) is 0 Å². The molecule has 5 heteroatoms. The minimum atomic E-state index is -0.899. The second-order valence-electron chi connectivity index (χ2n) is 4.56. The number of rotatable bonds is 4. The Balaban J connectivity index is 2.44. The third-order valence-corrected chi connectivity index (χ3v) is 3.61. The summed E-state index contributed by atoms with van der Waals surface area (Å²) < 4.78 is 1.53. The number of carboxylic acids is 1. The van der Waals surface area contributed by atoms with Gasteiger partial charge in [-0.25, -0.2) is 0 Å². The quantitative estimate of drug-likeness (QED) is 0.934. The zero-order valence-corrected chi connectivity index (χ0v) is 11.7. The van der Waals surface area contributed by atoms with Crippen molar-refractivity contribution in [3.8, 4) is 11.3 Å². The number of thiazole rings is 1. The van der Waals surface area contributed by atoms with E-state index in [0.29, 0.717) is 0 Å². The molecule has 2 aromatic rings. The first-order valence-corrected chi connectivity index (χ1v) is 6.84. The number of aryl methyl sites for hydroxylation is 2. The smallest absolute Gasteiger partial charge is 0.307 e. The Morgan fingerprint density at radius 2 is 1.89 bits per heavy atom. The molecule has 100 valence electrons. The van der Waals surface area contributed by atoms with Gasteiger partial charge in [0.05, 0.1) is 12.1 Å². The lowest BCUT2D eigenvalue weighted by atomic mass is 10.1. The molecule has 19 heavy (non-hydrogen) atoms. The highest BCUT2D eigenvalue weighted by Crippen LogP contribution is 2.23. The highest BCUT2D eigenvalue weighted by molar-refractivity contribution is 7.07. The molecule has 4 nitrogen and oxygen atoms in total. The Labute approximate surface area is 115 Å². The zero-order chi connectivity index (χ0) is 14.0. The van der Waals surface area contributed by atoms with Crippen LogP contribution >= 0.6 is 11.3 Å². The van der Waals surface area contributed by atoms with Crippen LogP contribution in [0.1, 0.15) is 17.5 Å². The molecule has 0 bridgehead atoms. The second-order valence-corrected chi connectivity index (χ2v) is 5.38. The monoisotopic (exact) mass is 277 g/mol. The van der Waals surface area contributed by atoms with E-state index in [9.17, 15) is 9.59 Å². The number of hydrogen-bond donors (Lipinski definition) is 1. The first kappa shape index (κ1) is 13.5. The van der Waals surface area contributed by atoms with Crippen LogP contribution in [0, 0.1) is 13.8 Å². The Hall–Kier alpha value is -1.88. The van der Waals surface area contributed by atoms with Crippen LogP contribution in [0.5, 0.6) is 0 Å². The van der Waals surface area contributed by atoms with Crippen LogP contribution in [-0.2, 0) is 11.3 Å². The van der Waals surface area contributed by atoms with E-state index in [0.717, 1.165) is 33.7 Å². The number of hydrogen-bond acceptors (Lipinski definition) is 3. The summed E-state index contributed by atoms with van der Waals surface area (Å²) in [6.07, 6.45) is -0.0472. The van der Waals surface area contributed by atoms with Gasteiger partial charge in [0.2, 0.25) is 0 Å². The maximum atomic E-state index is 11.8. The molecule has 0 spiro atoms. The number of carboxylic acid groups (broad SMARTS) is 1. The lowest BCUT2D eigenvalue weighted by Gasteiger charge is -2.08. The zero-order valence-electron chi connectivity index (χ0n) is 10.8. The molecule has 1 aromatic carbocycles. The molecule has 1 N–H and O–H groups in total. The molecule has 0 radical (unpaired) electrons. The van der Waals surface area contributed by atoms with Gasteiger partial charge in [-0.15, -0.1) is 0 Å². The molecule has 1 heterocycles. The lowest BCUT2D eigenvalue weighted by Crippen LogP contribution is -2.16. The Morgan fingerprint density at radius 1 is 1.26 bits per heavy atom. The average molecular weight is 277 g/mol. The summed E-state index contributed by atoms with van der Waals surface area (Å²) in [6, 6.07) is 6.08. The average Bonchev–Trinajstić information content (AvgIpc) is 2.66. The van der Waals surface area contributed by atoms with Gasteiger partial charge in [-0.3, -0.25) is 14.2 Å². The van der Waals surface area contributed by atoms with E-state index in [1.54, 1.807) is 5.38 Å². The van der Waals surface area contributed by atoms with E-state index < -0.39 is 5.97 Å². The number of aromatic nitrogens is 1. The molecule has 0 unspecified atom stereocenters. The molecule has 0 aliphatic carbocycles. The predicted molar refractivity (Wildman–Crippen MR) is 75.7 cm³/mol. The molecule has 0 aliphatic rings. The molecule has 2 rings (SSSR count). The van der Waals surface area contributed by atoms with Gasteiger partial charge in [0, 0.05) is 11.9 Å². The van der Waals surface area contributed by atoms with Gasteiger partial charge in [0.15, 0.2) is 0 Å². The van der Waals surface area contributed by atoms with E-state index in [4.69, 9.17) is 5.11 Å². The maximum Gasteiger partial charge on any atom is 0.307 e. The van der Waals surface area contributed by atoms with Crippen molar-refractivity contribution < 1.29 is 9.90 Å². The maximum absolute atomic E-state index is 11.8. The highest BCUT2D eigenvalue weighted by atomic mass is 32.1. The number of aliphatic carboxylic acids is 1. The van der Waals surface area contributed by atoms with Crippen molar-refractivity contribution in [2.45, 2.75) is 26.8 Å². The fourth-order valence-corrected chi connectivity index (χ4v) is 2.89. The number of carbonyl (C=O) groups is 1. The Bertz CT molecular complexity index is 649. The largest absolute Gasteiger partial charge is 0.481 e. The summed E-state index contributed by atoms with van der Waals surface area (Å²) in [7, 11) is 0. The van der Waals surface area contributed by atoms with Gasteiger partial charge >= 0.3 is 10.8 Å². The van der Waals surface area contributed by atoms with Gasteiger partial charge < -0.3 is 5.11 Å². The van der Waals surface area contributed by atoms with E-state index in [1.807, 2.05) is 26.0 Å². The third kappa shape index (κ3) is 3.12. The lowest BCUT2D eigenvalue weighted by molar-refractivity contribution is -0.137. The summed E-state index contributed by atoms with van der Waals surface area (Å²) in [4.78, 5) is 22.3. The molecular weight excluding hydrogens is 262 g/mol. The fraction of sp³-hybridized carbons (Fsp3) is 0.286. The fourth-order valence-electron chi connectivity index (χ4n) is 2.10. The second kappa shape index (κ2) is 5.40. The van der Waals surface area contributed by atoms with Gasteiger partial charge in [-0.1, -0.05) is 28.5 Å². The Kier molecular flexibility index (Phi) is 3.85. The summed E-state index contributed by atoms with van der Waals surface area (Å²) in [5.74, 6) is -0.899. The normalized spacial score (nSPS) is 10.6. The summed E-state index contributed by atoms with van der Waals surface area (Å²) in [5, 5.41) is 10.5. The standard InChI is InChI=1S/C14H15NO3S/c1-9-5-10(2)7-11(6-9)12-8-19-14(18)15(12)4-3-13(16)17/h5-8H,3-4H2,1-2H3,(H,16,17). The first-order chi connectivity index (χ1) is 8.97. The molecular formula is C14H15NO3S. The van der Waals surface area contributed by atoms with Crippen LogP contribution in [0.25, 0.3) is 11.3 Å². The van der Waals surface area contributed by atoms with Crippen molar-refractivity contribution in [1.82, 2.24) is 4.57 Å². The summed E-state index contributed by atoms with van der Waals surface area (Å²) in [6.45, 7) is 4.21. The van der Waals surface area contributed by atoms with Crippen LogP contribution in [0.15, 0.2) is 28.4 Å². The Morgan fingerprint density at radius 3 is 2.47 bits per heavy atom. The molecule has 0 atom stereocenters. The van der Waals surface area contributed by atoms with Crippen molar-refractivity contribution in [2.75, 3.05) is 0 Å². The molecule has 0 amide bonds. The van der Waals surface area contributed by atoms with Crippen LogP contribution in [0.3, 0.4) is 0 Å². The van der Waals surface area contributed by atoms with E-state index in [-0.39, 0.29) is 17.8 Å². The van der Waals surface area contributed by atoms with E-state index in [2.05, 4.69) is 6.07 Å². The van der Waals surface area contributed by atoms with Gasteiger partial charge in [-0.2, -0.15) is 0 Å². The summed E-state index contributed by atoms with van der Waals surface area (Å²) in [5.41, 5.74) is 4.00. The van der Waals surface area contributed by atoms with Crippen molar-refractivity contribution in [2.24, 2.45) is 0 Å². The van der Waals surface area contributed by atoms with Crippen molar-refractivity contribution >= 4 is 17.3 Å². The summed E-state index contributed by atoms with van der Waals surface area (Å²) >= 11 is 1.10. The third-order valence-electron chi connectivity index (χ3n) is 2.85. The molecule has 0 aliphatic heterocycles. The minimum Gasteiger partial charge on any atom is -0.481 e. The number of benzene rings is 1. The number of nitrogens with zero attached hydrogens (tertiary/aromatic N) is 1. The van der Waals surface area contributed by atoms with Gasteiger partial charge in [-0.05, 0) is 31.5 Å². The highest BCUT2D eigenvalue weighted by Gasteiger charge is 2.11. The van der Waals surface area contributed by atoms with E-state index in [1.165, 1.54) is 4.57 Å². The topological polar surface area (TPSA) is 59.3 Å². The van der Waals surface area contributed by atoms with Crippen LogP contribution < -0.4 is 4.87 Å². The van der Waals surface area contributed by atoms with Gasteiger partial charge in [0.25, 0.3) is 0 Å². The van der Waals surface area contributed by atoms with Crippen LogP contribution in [-0.4, -0.2) is 15.6 Å². The molecule has 0 saturated carbocycles. The van der Waals surface area contributed by atoms with Gasteiger partial charge in [0.1, 0.15) is 0 Å². The van der Waals surface area contributed by atoms with Crippen molar-refractivity contribution in [3.05, 3.63) is 44.4 Å². The van der Waals surface area contributed by atoms with Crippen LogP contribution in [0.2, 0.25) is 0 Å².